The molecule has 2 N–H and O–H groups in total. The monoisotopic (exact) mass is 258 g/mol. The minimum Gasteiger partial charge on any atom is -0.481 e. The number of urea groups is 1. The summed E-state index contributed by atoms with van der Waals surface area (Å²) in [5.74, 6) is -0.918. The number of carboxylic acid groups (broad SMARTS) is 1. The molecular weight excluding hydrogens is 236 g/mol. The van der Waals surface area contributed by atoms with Crippen LogP contribution in [0.15, 0.2) is 0 Å². The van der Waals surface area contributed by atoms with Crippen molar-refractivity contribution in [3.63, 3.8) is 0 Å². The number of hydrogen-bond acceptors (Lipinski definition) is 3. The van der Waals surface area contributed by atoms with Gasteiger partial charge in [0.1, 0.15) is 0 Å². The Kier molecular flexibility index (Phi) is 4.56. The smallest absolute Gasteiger partial charge is 0.320 e. The first-order chi connectivity index (χ1) is 8.21. The van der Waals surface area contributed by atoms with Crippen LogP contribution in [-0.2, 0) is 4.79 Å². The summed E-state index contributed by atoms with van der Waals surface area (Å²) in [5, 5.41) is 18.2. The fourth-order valence-electron chi connectivity index (χ4n) is 2.01. The zero-order valence-corrected chi connectivity index (χ0v) is 11.2. The Balaban J connectivity index is 2.70. The Morgan fingerprint density at radius 3 is 2.39 bits per heavy atom. The highest BCUT2D eigenvalue weighted by atomic mass is 16.4. The number of aliphatic carboxylic acids is 1. The maximum atomic E-state index is 12.3. The van der Waals surface area contributed by atoms with Gasteiger partial charge in [-0.2, -0.15) is 0 Å². The average Bonchev–Trinajstić information content (AvgIpc) is 2.62. The number of β-amino-alcohol motifs (C(OH)–C–C–N with tert-alkyl or cyclic N) is 1. The van der Waals surface area contributed by atoms with Gasteiger partial charge >= 0.3 is 12.0 Å². The number of amides is 2. The van der Waals surface area contributed by atoms with Gasteiger partial charge in [-0.25, -0.2) is 4.79 Å². The third-order valence-corrected chi connectivity index (χ3v) is 3.02. The Bertz CT molecular complexity index is 325. The lowest BCUT2D eigenvalue weighted by Crippen LogP contribution is -2.52. The molecule has 0 spiro atoms. The number of aliphatic hydroxyl groups is 1. The van der Waals surface area contributed by atoms with Gasteiger partial charge in [-0.15, -0.1) is 0 Å². The number of carbonyl (C=O) groups is 2. The SMILES string of the molecule is CC(C)(C)N(CCC(=O)O)C(=O)N1CCC(O)C1. The standard InChI is InChI=1S/C12H22N2O4/c1-12(2,3)14(7-5-10(16)17)11(18)13-6-4-9(15)8-13/h9,15H,4-8H2,1-3H3,(H,16,17). The molecule has 0 aromatic rings. The predicted molar refractivity (Wildman–Crippen MR) is 66.3 cm³/mol. The first kappa shape index (κ1) is 14.8. The molecule has 6 heteroatoms. The summed E-state index contributed by atoms with van der Waals surface area (Å²) in [6.45, 7) is 6.67. The van der Waals surface area contributed by atoms with Crippen molar-refractivity contribution in [2.45, 2.75) is 45.3 Å². The van der Waals surface area contributed by atoms with Gasteiger partial charge < -0.3 is 20.0 Å². The number of nitrogens with zero attached hydrogens (tertiary/aromatic N) is 2. The molecule has 0 bridgehead atoms. The van der Waals surface area contributed by atoms with Gasteiger partial charge in [-0.05, 0) is 27.2 Å². The first-order valence-electron chi connectivity index (χ1n) is 6.18. The van der Waals surface area contributed by atoms with Gasteiger partial charge in [0.2, 0.25) is 0 Å². The van der Waals surface area contributed by atoms with Crippen molar-refractivity contribution < 1.29 is 19.8 Å². The van der Waals surface area contributed by atoms with Crippen molar-refractivity contribution in [3.05, 3.63) is 0 Å². The van der Waals surface area contributed by atoms with Crippen molar-refractivity contribution in [2.24, 2.45) is 0 Å². The van der Waals surface area contributed by atoms with Gasteiger partial charge in [0.15, 0.2) is 0 Å². The summed E-state index contributed by atoms with van der Waals surface area (Å²) >= 11 is 0. The molecule has 1 rings (SSSR count). The van der Waals surface area contributed by atoms with E-state index >= 15 is 0 Å². The van der Waals surface area contributed by atoms with Crippen LogP contribution in [0.5, 0.6) is 0 Å². The van der Waals surface area contributed by atoms with Crippen LogP contribution in [0.1, 0.15) is 33.6 Å². The zero-order valence-electron chi connectivity index (χ0n) is 11.2. The minimum atomic E-state index is -0.918. The third kappa shape index (κ3) is 3.87. The van der Waals surface area contributed by atoms with Crippen molar-refractivity contribution in [1.82, 2.24) is 9.80 Å². The Morgan fingerprint density at radius 2 is 2.00 bits per heavy atom. The molecule has 0 aromatic heterocycles. The zero-order chi connectivity index (χ0) is 13.9. The molecule has 18 heavy (non-hydrogen) atoms. The minimum absolute atomic E-state index is 0.0700. The normalized spacial score (nSPS) is 20.0. The lowest BCUT2D eigenvalue weighted by atomic mass is 10.1. The molecule has 104 valence electrons. The van der Waals surface area contributed by atoms with Gasteiger partial charge in [-0.1, -0.05) is 0 Å². The summed E-state index contributed by atoms with van der Waals surface area (Å²) in [5.41, 5.74) is -0.430. The molecule has 2 amide bonds. The van der Waals surface area contributed by atoms with Crippen LogP contribution >= 0.6 is 0 Å². The number of likely N-dealkylation sites (tertiary alicyclic amines) is 1. The topological polar surface area (TPSA) is 81.1 Å². The molecule has 0 aromatic carbocycles. The van der Waals surface area contributed by atoms with Gasteiger partial charge in [0, 0.05) is 25.2 Å². The third-order valence-electron chi connectivity index (χ3n) is 3.02. The second-order valence-electron chi connectivity index (χ2n) is 5.64. The van der Waals surface area contributed by atoms with Crippen LogP contribution in [0.25, 0.3) is 0 Å². The molecular formula is C12H22N2O4. The number of hydrogen-bond donors (Lipinski definition) is 2. The first-order valence-corrected chi connectivity index (χ1v) is 6.18. The van der Waals surface area contributed by atoms with Gasteiger partial charge in [0.05, 0.1) is 12.5 Å². The van der Waals surface area contributed by atoms with Crippen molar-refractivity contribution in [2.75, 3.05) is 19.6 Å². The largest absolute Gasteiger partial charge is 0.481 e. The number of aliphatic hydroxyl groups excluding tert-OH is 1. The maximum absolute atomic E-state index is 12.3. The van der Waals surface area contributed by atoms with Crippen molar-refractivity contribution >= 4 is 12.0 Å². The van der Waals surface area contributed by atoms with E-state index in [1.807, 2.05) is 20.8 Å². The number of carboxylic acids is 1. The average molecular weight is 258 g/mol. The summed E-state index contributed by atoms with van der Waals surface area (Å²) < 4.78 is 0. The Hall–Kier alpha value is -1.30. The van der Waals surface area contributed by atoms with Crippen LogP contribution in [0.4, 0.5) is 4.79 Å². The maximum Gasteiger partial charge on any atom is 0.320 e. The van der Waals surface area contributed by atoms with Crippen LogP contribution < -0.4 is 0 Å². The molecule has 1 fully saturated rings. The van der Waals surface area contributed by atoms with Gasteiger partial charge in [0.25, 0.3) is 0 Å². The summed E-state index contributed by atoms with van der Waals surface area (Å²) in [6.07, 6.45) is 0.0532. The quantitative estimate of drug-likeness (QED) is 0.782. The molecule has 1 unspecified atom stereocenters. The summed E-state index contributed by atoms with van der Waals surface area (Å²) in [4.78, 5) is 26.1. The van der Waals surface area contributed by atoms with Crippen molar-refractivity contribution in [3.8, 4) is 0 Å². The van der Waals surface area contributed by atoms with E-state index in [9.17, 15) is 14.7 Å². The highest BCUT2D eigenvalue weighted by molar-refractivity contribution is 5.76. The van der Waals surface area contributed by atoms with E-state index in [0.717, 1.165) is 0 Å². The molecule has 0 radical (unpaired) electrons. The highest BCUT2D eigenvalue weighted by Gasteiger charge is 2.33. The van der Waals surface area contributed by atoms with Crippen LogP contribution in [-0.4, -0.2) is 63.3 Å². The Labute approximate surface area is 107 Å². The van der Waals surface area contributed by atoms with E-state index < -0.39 is 17.6 Å². The van der Waals surface area contributed by atoms with Crippen molar-refractivity contribution in [1.29, 1.82) is 0 Å². The Morgan fingerprint density at radius 1 is 1.39 bits per heavy atom. The molecule has 1 heterocycles. The summed E-state index contributed by atoms with van der Waals surface area (Å²) in [7, 11) is 0. The van der Waals surface area contributed by atoms with Gasteiger partial charge in [-0.3, -0.25) is 4.79 Å². The highest BCUT2D eigenvalue weighted by Crippen LogP contribution is 2.19. The second kappa shape index (κ2) is 5.56. The van der Waals surface area contributed by atoms with E-state index in [2.05, 4.69) is 0 Å². The fourth-order valence-corrected chi connectivity index (χ4v) is 2.01. The van der Waals surface area contributed by atoms with E-state index in [4.69, 9.17) is 5.11 Å². The number of carbonyl (C=O) groups excluding carboxylic acids is 1. The fraction of sp³-hybridized carbons (Fsp3) is 0.833. The molecule has 0 aliphatic carbocycles. The summed E-state index contributed by atoms with van der Waals surface area (Å²) in [6, 6.07) is -0.194. The molecule has 1 aliphatic heterocycles. The van der Waals surface area contributed by atoms with E-state index in [-0.39, 0.29) is 19.0 Å². The molecule has 1 atom stereocenters. The van der Waals surface area contributed by atoms with Crippen LogP contribution in [0.2, 0.25) is 0 Å². The second-order valence-corrected chi connectivity index (χ2v) is 5.64. The van der Waals surface area contributed by atoms with Crippen LogP contribution in [0.3, 0.4) is 0 Å². The molecule has 6 nitrogen and oxygen atoms in total. The van der Waals surface area contributed by atoms with E-state index in [0.29, 0.717) is 19.5 Å². The van der Waals surface area contributed by atoms with Crippen LogP contribution in [0, 0.1) is 0 Å². The van der Waals surface area contributed by atoms with E-state index in [1.165, 1.54) is 0 Å². The molecule has 0 saturated carbocycles. The van der Waals surface area contributed by atoms with E-state index in [1.54, 1.807) is 9.80 Å². The predicted octanol–water partition coefficient (Wildman–Crippen LogP) is 0.748. The number of rotatable bonds is 3. The lowest BCUT2D eigenvalue weighted by molar-refractivity contribution is -0.137. The lowest BCUT2D eigenvalue weighted by Gasteiger charge is -2.38. The molecule has 1 saturated heterocycles. The molecule has 1 aliphatic rings.